The highest BCUT2D eigenvalue weighted by molar-refractivity contribution is 5.95. The number of aromatic hydroxyl groups is 1. The van der Waals surface area contributed by atoms with Gasteiger partial charge in [0.1, 0.15) is 11.3 Å². The zero-order chi connectivity index (χ0) is 14.2. The Bertz CT molecular complexity index is 724. The molecule has 0 radical (unpaired) electrons. The average molecular weight is 269 g/mol. The Morgan fingerprint density at radius 3 is 2.79 bits per heavy atom. The molecule has 1 aromatic heterocycles. The average Bonchev–Trinajstić information content (AvgIpc) is 2.36. The van der Waals surface area contributed by atoms with Gasteiger partial charge in [0.15, 0.2) is 5.56 Å². The van der Waals surface area contributed by atoms with E-state index in [2.05, 4.69) is 4.74 Å². The smallest absolute Gasteiger partial charge is 0.346 e. The van der Waals surface area contributed by atoms with E-state index >= 15 is 0 Å². The molecule has 0 amide bonds. The summed E-state index contributed by atoms with van der Waals surface area (Å²) in [5.74, 6) is -3.55. The van der Waals surface area contributed by atoms with Gasteiger partial charge in [0, 0.05) is 0 Å². The van der Waals surface area contributed by atoms with E-state index in [9.17, 15) is 23.6 Å². The predicted molar refractivity (Wildman–Crippen MR) is 62.3 cm³/mol. The maximum atomic E-state index is 13.7. The third kappa shape index (κ3) is 1.92. The Balaban J connectivity index is 2.89. The van der Waals surface area contributed by atoms with Gasteiger partial charge in [-0.2, -0.15) is 4.39 Å². The minimum atomic E-state index is -1.70. The molecule has 1 aromatic carbocycles. The van der Waals surface area contributed by atoms with Crippen molar-refractivity contribution in [2.75, 3.05) is 6.61 Å². The van der Waals surface area contributed by atoms with Gasteiger partial charge in [-0.25, -0.2) is 4.79 Å². The number of phenolic OH excluding ortho intramolecular Hbond substituents is 1. The van der Waals surface area contributed by atoms with Gasteiger partial charge in [0.25, 0.3) is 0 Å². The topological polar surface area (TPSA) is 68.5 Å². The number of fused-ring (bicyclic) bond motifs is 1. The fraction of sp³-hybridized carbons (Fsp3) is 0.167. The molecule has 0 saturated carbocycles. The molecule has 0 aliphatic rings. The fourth-order valence-corrected chi connectivity index (χ4v) is 1.73. The van der Waals surface area contributed by atoms with Crippen molar-refractivity contribution in [2.24, 2.45) is 0 Å². The van der Waals surface area contributed by atoms with Crippen molar-refractivity contribution >= 4 is 16.9 Å². The van der Waals surface area contributed by atoms with Crippen LogP contribution in [-0.2, 0) is 4.74 Å². The van der Waals surface area contributed by atoms with Crippen LogP contribution in [0.2, 0.25) is 0 Å². The lowest BCUT2D eigenvalue weighted by Crippen LogP contribution is -2.23. The van der Waals surface area contributed by atoms with E-state index in [4.69, 9.17) is 0 Å². The summed E-state index contributed by atoms with van der Waals surface area (Å²) >= 11 is 0. The second-order valence-electron chi connectivity index (χ2n) is 3.67. The van der Waals surface area contributed by atoms with Gasteiger partial charge in [0.2, 0.25) is 11.4 Å². The van der Waals surface area contributed by atoms with E-state index in [0.29, 0.717) is 0 Å². The molecule has 7 heteroatoms. The summed E-state index contributed by atoms with van der Waals surface area (Å²) in [5.41, 5.74) is -2.68. The summed E-state index contributed by atoms with van der Waals surface area (Å²) in [6.07, 6.45) is 0. The van der Waals surface area contributed by atoms with Crippen molar-refractivity contribution in [3.05, 3.63) is 39.9 Å². The SMILES string of the molecule is CCOC(=O)c1c(F)n(F)c2c(O)cccc2c1=O. The number of esters is 1. The van der Waals surface area contributed by atoms with E-state index in [1.807, 2.05) is 0 Å². The molecule has 19 heavy (non-hydrogen) atoms. The maximum Gasteiger partial charge on any atom is 0.346 e. The molecule has 0 bridgehead atoms. The number of pyridine rings is 1. The van der Waals surface area contributed by atoms with Crippen LogP contribution < -0.4 is 5.43 Å². The lowest BCUT2D eigenvalue weighted by atomic mass is 10.1. The Labute approximate surface area is 105 Å². The number of hydrogen-bond donors (Lipinski definition) is 1. The molecule has 2 aromatic rings. The molecule has 0 aliphatic heterocycles. The van der Waals surface area contributed by atoms with Crippen molar-refractivity contribution < 1.29 is 23.5 Å². The number of nitrogens with zero attached hydrogens (tertiary/aromatic N) is 1. The highest BCUT2D eigenvalue weighted by Gasteiger charge is 2.25. The molecular weight excluding hydrogens is 260 g/mol. The number of aromatic nitrogens is 1. The van der Waals surface area contributed by atoms with E-state index < -0.39 is 39.0 Å². The van der Waals surface area contributed by atoms with Crippen LogP contribution in [0.25, 0.3) is 10.9 Å². The van der Waals surface area contributed by atoms with Crippen molar-refractivity contribution in [3.8, 4) is 5.75 Å². The Hall–Kier alpha value is -2.44. The molecule has 1 N–H and O–H groups in total. The highest BCUT2D eigenvalue weighted by Crippen LogP contribution is 2.24. The van der Waals surface area contributed by atoms with E-state index in [-0.39, 0.29) is 12.0 Å². The number of benzene rings is 1. The monoisotopic (exact) mass is 269 g/mol. The Morgan fingerprint density at radius 2 is 2.16 bits per heavy atom. The number of carbonyl (C=O) groups excluding carboxylic acids is 1. The summed E-state index contributed by atoms with van der Waals surface area (Å²) in [4.78, 5) is 22.9. The second-order valence-corrected chi connectivity index (χ2v) is 3.67. The first-order chi connectivity index (χ1) is 8.99. The molecule has 0 spiro atoms. The third-order valence-corrected chi connectivity index (χ3v) is 2.54. The second kappa shape index (κ2) is 4.68. The van der Waals surface area contributed by atoms with Crippen LogP contribution in [0.15, 0.2) is 23.0 Å². The molecule has 0 fully saturated rings. The van der Waals surface area contributed by atoms with E-state index in [0.717, 1.165) is 6.07 Å². The first-order valence-electron chi connectivity index (χ1n) is 5.38. The van der Waals surface area contributed by atoms with Crippen LogP contribution in [0.1, 0.15) is 17.3 Å². The van der Waals surface area contributed by atoms with Crippen LogP contribution in [-0.4, -0.2) is 22.5 Å². The van der Waals surface area contributed by atoms with E-state index in [1.165, 1.54) is 19.1 Å². The number of carbonyl (C=O) groups is 1. The van der Waals surface area contributed by atoms with Gasteiger partial charge >= 0.3 is 5.97 Å². The first kappa shape index (κ1) is 13.0. The quantitative estimate of drug-likeness (QED) is 0.666. The van der Waals surface area contributed by atoms with Crippen molar-refractivity contribution in [1.82, 2.24) is 4.79 Å². The zero-order valence-electron chi connectivity index (χ0n) is 9.81. The number of ether oxygens (including phenoxy) is 1. The minimum Gasteiger partial charge on any atom is -0.506 e. The molecule has 0 saturated heterocycles. The number of phenols is 1. The molecule has 1 heterocycles. The number of hydrogen-bond acceptors (Lipinski definition) is 4. The third-order valence-electron chi connectivity index (χ3n) is 2.54. The van der Waals surface area contributed by atoms with Gasteiger partial charge in [-0.05, 0) is 19.1 Å². The lowest BCUT2D eigenvalue weighted by molar-refractivity contribution is 0.0514. The standard InChI is InChI=1S/C12H9F2NO4/c1-2-19-12(18)8-10(17)6-4-3-5-7(16)9(6)15(14)11(8)13/h3-5,16H,2H2,1H3. The summed E-state index contributed by atoms with van der Waals surface area (Å²) < 4.78 is 32.0. The van der Waals surface area contributed by atoms with Crippen LogP contribution in [0.3, 0.4) is 0 Å². The minimum absolute atomic E-state index is 0.0813. The predicted octanol–water partition coefficient (Wildman–Crippen LogP) is 1.76. The molecule has 100 valence electrons. The zero-order valence-corrected chi connectivity index (χ0v) is 9.81. The van der Waals surface area contributed by atoms with Crippen LogP contribution >= 0.6 is 0 Å². The van der Waals surface area contributed by atoms with Crippen LogP contribution in [0.5, 0.6) is 5.75 Å². The first-order valence-corrected chi connectivity index (χ1v) is 5.38. The number of halogens is 2. The molecule has 0 unspecified atom stereocenters. The Morgan fingerprint density at radius 1 is 1.47 bits per heavy atom. The molecule has 0 aliphatic carbocycles. The van der Waals surface area contributed by atoms with Gasteiger partial charge in [-0.1, -0.05) is 10.5 Å². The largest absolute Gasteiger partial charge is 0.506 e. The van der Waals surface area contributed by atoms with Gasteiger partial charge in [-0.15, -0.1) is 4.79 Å². The lowest BCUT2D eigenvalue weighted by Gasteiger charge is -2.08. The maximum absolute atomic E-state index is 13.7. The van der Waals surface area contributed by atoms with Crippen LogP contribution in [0, 0.1) is 5.95 Å². The Kier molecular flexibility index (Phi) is 3.20. The summed E-state index contributed by atoms with van der Waals surface area (Å²) in [7, 11) is 0. The number of para-hydroxylation sites is 1. The van der Waals surface area contributed by atoms with E-state index in [1.54, 1.807) is 0 Å². The summed E-state index contributed by atoms with van der Waals surface area (Å²) in [6, 6.07) is 3.56. The van der Waals surface area contributed by atoms with Gasteiger partial charge in [-0.3, -0.25) is 4.79 Å². The van der Waals surface area contributed by atoms with Crippen molar-refractivity contribution in [3.63, 3.8) is 0 Å². The molecule has 2 rings (SSSR count). The van der Waals surface area contributed by atoms with Crippen LogP contribution in [0.4, 0.5) is 8.87 Å². The summed E-state index contributed by atoms with van der Waals surface area (Å²) in [6.45, 7) is 1.39. The number of rotatable bonds is 2. The van der Waals surface area contributed by atoms with Crippen molar-refractivity contribution in [2.45, 2.75) is 6.92 Å². The molecule has 0 atom stereocenters. The molecular formula is C12H9F2NO4. The van der Waals surface area contributed by atoms with Crippen molar-refractivity contribution in [1.29, 1.82) is 0 Å². The normalized spacial score (nSPS) is 10.7. The van der Waals surface area contributed by atoms with Gasteiger partial charge < -0.3 is 9.84 Å². The highest BCUT2D eigenvalue weighted by atomic mass is 19.2. The van der Waals surface area contributed by atoms with Gasteiger partial charge in [0.05, 0.1) is 12.0 Å². The fourth-order valence-electron chi connectivity index (χ4n) is 1.73. The molecule has 5 nitrogen and oxygen atoms in total. The summed E-state index contributed by atoms with van der Waals surface area (Å²) in [5, 5.41) is 9.14.